The quantitative estimate of drug-likeness (QED) is 0.820. The highest BCUT2D eigenvalue weighted by Crippen LogP contribution is 2.22. The Morgan fingerprint density at radius 1 is 1.36 bits per heavy atom. The summed E-state index contributed by atoms with van der Waals surface area (Å²) in [6.45, 7) is 4.74. The lowest BCUT2D eigenvalue weighted by Crippen LogP contribution is -2.50. The number of hydrogen-bond acceptors (Lipinski definition) is 5. The number of Topliss-reactive ketones (excluding diaryl/α,β-unsaturated/α-hetero) is 1. The van der Waals surface area contributed by atoms with E-state index in [2.05, 4.69) is 0 Å². The number of rotatable bonds is 5. The van der Waals surface area contributed by atoms with Crippen LogP contribution in [0.5, 0.6) is 0 Å². The standard InChI is InChI=1S/C15H20N2O4S/c1-9-7-11(10(2)22-9)12(18)3-4-14(19)17-5-6-21-13(8-17)15(16)20/h7,13H,3-6,8H2,1-2H3,(H2,16,20). The van der Waals surface area contributed by atoms with Crippen molar-refractivity contribution >= 4 is 28.9 Å². The lowest BCUT2D eigenvalue weighted by atomic mass is 10.1. The smallest absolute Gasteiger partial charge is 0.248 e. The van der Waals surface area contributed by atoms with Gasteiger partial charge in [0.25, 0.3) is 0 Å². The summed E-state index contributed by atoms with van der Waals surface area (Å²) in [5, 5.41) is 0. The van der Waals surface area contributed by atoms with Crippen LogP contribution in [0.4, 0.5) is 0 Å². The summed E-state index contributed by atoms with van der Waals surface area (Å²) in [6.07, 6.45) is -0.442. The molecule has 2 heterocycles. The van der Waals surface area contributed by atoms with E-state index in [1.54, 1.807) is 11.3 Å². The first-order chi connectivity index (χ1) is 10.4. The van der Waals surface area contributed by atoms with Crippen molar-refractivity contribution in [2.45, 2.75) is 32.8 Å². The summed E-state index contributed by atoms with van der Waals surface area (Å²) < 4.78 is 5.20. The van der Waals surface area contributed by atoms with Crippen molar-refractivity contribution in [1.29, 1.82) is 0 Å². The van der Waals surface area contributed by atoms with Crippen molar-refractivity contribution in [3.05, 3.63) is 21.4 Å². The second-order valence-electron chi connectivity index (χ2n) is 5.35. The van der Waals surface area contributed by atoms with Gasteiger partial charge in [0.1, 0.15) is 0 Å². The van der Waals surface area contributed by atoms with Gasteiger partial charge in [0.2, 0.25) is 11.8 Å². The number of nitrogens with two attached hydrogens (primary N) is 1. The van der Waals surface area contributed by atoms with Crippen LogP contribution in [0.1, 0.15) is 33.0 Å². The minimum Gasteiger partial charge on any atom is -0.367 e. The zero-order chi connectivity index (χ0) is 16.3. The maximum absolute atomic E-state index is 12.2. The molecule has 0 bridgehead atoms. The molecule has 0 aromatic carbocycles. The van der Waals surface area contributed by atoms with Crippen LogP contribution in [0, 0.1) is 13.8 Å². The first-order valence-electron chi connectivity index (χ1n) is 7.17. The van der Waals surface area contributed by atoms with Crippen LogP contribution in [-0.4, -0.2) is 48.3 Å². The molecule has 1 saturated heterocycles. The van der Waals surface area contributed by atoms with Gasteiger partial charge in [0, 0.05) is 34.7 Å². The zero-order valence-electron chi connectivity index (χ0n) is 12.8. The number of primary amides is 1. The molecule has 0 aliphatic carbocycles. The molecule has 6 nitrogen and oxygen atoms in total. The van der Waals surface area contributed by atoms with Gasteiger partial charge in [0.05, 0.1) is 13.2 Å². The fourth-order valence-electron chi connectivity index (χ4n) is 2.47. The predicted octanol–water partition coefficient (Wildman–Crippen LogP) is 1.04. The largest absolute Gasteiger partial charge is 0.367 e. The molecule has 0 radical (unpaired) electrons. The maximum atomic E-state index is 12.2. The molecule has 22 heavy (non-hydrogen) atoms. The molecule has 1 unspecified atom stereocenters. The van der Waals surface area contributed by atoms with Gasteiger partial charge in [0.15, 0.2) is 11.9 Å². The second-order valence-corrected chi connectivity index (χ2v) is 6.81. The normalized spacial score (nSPS) is 18.3. The van der Waals surface area contributed by atoms with E-state index in [9.17, 15) is 14.4 Å². The van der Waals surface area contributed by atoms with Crippen LogP contribution >= 0.6 is 11.3 Å². The highest BCUT2D eigenvalue weighted by atomic mass is 32.1. The number of nitrogens with zero attached hydrogens (tertiary/aromatic N) is 1. The molecule has 1 fully saturated rings. The Balaban J connectivity index is 1.88. The number of morpholine rings is 1. The fourth-order valence-corrected chi connectivity index (χ4v) is 3.41. The van der Waals surface area contributed by atoms with Crippen LogP contribution < -0.4 is 5.73 Å². The van der Waals surface area contributed by atoms with Crippen LogP contribution in [-0.2, 0) is 14.3 Å². The van der Waals surface area contributed by atoms with Crippen molar-refractivity contribution in [3.63, 3.8) is 0 Å². The van der Waals surface area contributed by atoms with Crippen LogP contribution in [0.25, 0.3) is 0 Å². The Kier molecular flexibility index (Phi) is 5.31. The summed E-state index contributed by atoms with van der Waals surface area (Å²) >= 11 is 1.58. The lowest BCUT2D eigenvalue weighted by molar-refractivity contribution is -0.145. The minimum absolute atomic E-state index is 0.0186. The van der Waals surface area contributed by atoms with E-state index >= 15 is 0 Å². The van der Waals surface area contributed by atoms with E-state index in [-0.39, 0.29) is 37.7 Å². The number of ether oxygens (including phenoxy) is 1. The van der Waals surface area contributed by atoms with Gasteiger partial charge in [-0.1, -0.05) is 0 Å². The number of amides is 2. The topological polar surface area (TPSA) is 89.7 Å². The molecule has 0 spiro atoms. The first-order valence-corrected chi connectivity index (χ1v) is 7.99. The van der Waals surface area contributed by atoms with E-state index in [1.165, 1.54) is 4.90 Å². The zero-order valence-corrected chi connectivity index (χ0v) is 13.6. The Hall–Kier alpha value is -1.73. The molecule has 1 aliphatic rings. The van der Waals surface area contributed by atoms with E-state index < -0.39 is 12.0 Å². The van der Waals surface area contributed by atoms with Gasteiger partial charge >= 0.3 is 0 Å². The van der Waals surface area contributed by atoms with Crippen LogP contribution in [0.2, 0.25) is 0 Å². The molecule has 1 aromatic heterocycles. The average Bonchev–Trinajstić information content (AvgIpc) is 2.83. The number of ketones is 1. The number of carbonyl (C=O) groups is 3. The molecule has 2 rings (SSSR count). The van der Waals surface area contributed by atoms with Gasteiger partial charge in [-0.05, 0) is 19.9 Å². The Labute approximate surface area is 133 Å². The molecular formula is C15H20N2O4S. The molecule has 0 saturated carbocycles. The fraction of sp³-hybridized carbons (Fsp3) is 0.533. The van der Waals surface area contributed by atoms with Crippen molar-refractivity contribution in [1.82, 2.24) is 4.90 Å². The van der Waals surface area contributed by atoms with Crippen molar-refractivity contribution < 1.29 is 19.1 Å². The number of carbonyl (C=O) groups excluding carboxylic acids is 3. The Bertz CT molecular complexity index is 596. The van der Waals surface area contributed by atoms with Gasteiger partial charge < -0.3 is 15.4 Å². The summed E-state index contributed by atoms with van der Waals surface area (Å²) in [6, 6.07) is 1.87. The molecule has 1 atom stereocenters. The number of hydrogen-bond donors (Lipinski definition) is 1. The maximum Gasteiger partial charge on any atom is 0.248 e. The first kappa shape index (κ1) is 16.6. The van der Waals surface area contributed by atoms with E-state index in [4.69, 9.17) is 10.5 Å². The van der Waals surface area contributed by atoms with Gasteiger partial charge in [-0.3, -0.25) is 14.4 Å². The molecule has 120 valence electrons. The molecule has 1 aliphatic heterocycles. The summed E-state index contributed by atoms with van der Waals surface area (Å²) in [4.78, 5) is 39.1. The summed E-state index contributed by atoms with van der Waals surface area (Å²) in [5.41, 5.74) is 5.89. The monoisotopic (exact) mass is 324 g/mol. The molecule has 7 heteroatoms. The van der Waals surface area contributed by atoms with Gasteiger partial charge in [-0.15, -0.1) is 11.3 Å². The number of thiophene rings is 1. The summed E-state index contributed by atoms with van der Waals surface area (Å²) in [7, 11) is 0. The summed E-state index contributed by atoms with van der Waals surface area (Å²) in [5.74, 6) is -0.736. The molecule has 2 amide bonds. The third kappa shape index (κ3) is 3.92. The van der Waals surface area contributed by atoms with Gasteiger partial charge in [-0.2, -0.15) is 0 Å². The number of aryl methyl sites for hydroxylation is 2. The lowest BCUT2D eigenvalue weighted by Gasteiger charge is -2.31. The van der Waals surface area contributed by atoms with Crippen LogP contribution in [0.3, 0.4) is 0 Å². The predicted molar refractivity (Wildman–Crippen MR) is 82.9 cm³/mol. The minimum atomic E-state index is -0.754. The third-order valence-corrected chi connectivity index (χ3v) is 4.61. The Morgan fingerprint density at radius 2 is 2.09 bits per heavy atom. The Morgan fingerprint density at radius 3 is 2.68 bits per heavy atom. The van der Waals surface area contributed by atoms with Crippen molar-refractivity contribution in [2.75, 3.05) is 19.7 Å². The van der Waals surface area contributed by atoms with E-state index in [1.807, 2.05) is 19.9 Å². The van der Waals surface area contributed by atoms with E-state index in [0.29, 0.717) is 12.1 Å². The third-order valence-electron chi connectivity index (χ3n) is 3.64. The molecule has 2 N–H and O–H groups in total. The van der Waals surface area contributed by atoms with Gasteiger partial charge in [-0.25, -0.2) is 0 Å². The average molecular weight is 324 g/mol. The van der Waals surface area contributed by atoms with Crippen molar-refractivity contribution in [2.24, 2.45) is 5.73 Å². The van der Waals surface area contributed by atoms with Crippen LogP contribution in [0.15, 0.2) is 6.07 Å². The highest BCUT2D eigenvalue weighted by Gasteiger charge is 2.27. The molecule has 1 aromatic rings. The molecular weight excluding hydrogens is 304 g/mol. The van der Waals surface area contributed by atoms with Crippen molar-refractivity contribution in [3.8, 4) is 0 Å². The SMILES string of the molecule is Cc1cc(C(=O)CCC(=O)N2CCOC(C(N)=O)C2)c(C)s1. The van der Waals surface area contributed by atoms with E-state index in [0.717, 1.165) is 9.75 Å². The highest BCUT2D eigenvalue weighted by molar-refractivity contribution is 7.12. The second kappa shape index (κ2) is 7.02.